The van der Waals surface area contributed by atoms with Gasteiger partial charge >= 0.3 is 0 Å². The van der Waals surface area contributed by atoms with Crippen molar-refractivity contribution in [1.29, 1.82) is 0 Å². The number of hydrogen-bond acceptors (Lipinski definition) is 3. The molecular formula is C14H20ClN3O. The van der Waals surface area contributed by atoms with Crippen LogP contribution >= 0.6 is 11.6 Å². The number of carbonyl (C=O) groups is 1. The summed E-state index contributed by atoms with van der Waals surface area (Å²) < 4.78 is 0. The minimum atomic E-state index is -0.599. The molecule has 0 unspecified atom stereocenters. The summed E-state index contributed by atoms with van der Waals surface area (Å²) in [4.78, 5) is 14.0. The maximum absolute atomic E-state index is 12.0. The van der Waals surface area contributed by atoms with Gasteiger partial charge in [0.15, 0.2) is 0 Å². The van der Waals surface area contributed by atoms with Gasteiger partial charge in [-0.1, -0.05) is 17.7 Å². The van der Waals surface area contributed by atoms with Crippen LogP contribution in [0.2, 0.25) is 5.02 Å². The first-order valence-corrected chi connectivity index (χ1v) is 6.83. The highest BCUT2D eigenvalue weighted by Gasteiger charge is 2.38. The molecule has 0 spiro atoms. The van der Waals surface area contributed by atoms with Gasteiger partial charge in [0.2, 0.25) is 5.91 Å². The fourth-order valence-electron chi connectivity index (χ4n) is 2.35. The molecule has 1 atom stereocenters. The van der Waals surface area contributed by atoms with Crippen LogP contribution in [0.15, 0.2) is 18.2 Å². The van der Waals surface area contributed by atoms with Gasteiger partial charge in [-0.05, 0) is 38.5 Å². The zero-order chi connectivity index (χ0) is 14.2. The molecule has 1 heterocycles. The molecule has 104 valence electrons. The quantitative estimate of drug-likeness (QED) is 0.873. The zero-order valence-electron chi connectivity index (χ0n) is 11.5. The van der Waals surface area contributed by atoms with Crippen molar-refractivity contribution >= 4 is 23.2 Å². The van der Waals surface area contributed by atoms with Gasteiger partial charge in [-0.25, -0.2) is 0 Å². The lowest BCUT2D eigenvalue weighted by molar-refractivity contribution is -0.126. The van der Waals surface area contributed by atoms with Crippen molar-refractivity contribution in [2.45, 2.75) is 32.4 Å². The number of nitrogens with two attached hydrogens (primary N) is 1. The van der Waals surface area contributed by atoms with Crippen LogP contribution < -0.4 is 16.0 Å². The normalized spacial score (nSPS) is 20.1. The van der Waals surface area contributed by atoms with Crippen molar-refractivity contribution in [3.8, 4) is 0 Å². The summed E-state index contributed by atoms with van der Waals surface area (Å²) in [5.74, 6) is 0.0195. The van der Waals surface area contributed by atoms with E-state index in [9.17, 15) is 4.79 Å². The first kappa shape index (κ1) is 14.2. The number of halogens is 1. The van der Waals surface area contributed by atoms with Crippen LogP contribution in [0.1, 0.15) is 32.4 Å². The summed E-state index contributed by atoms with van der Waals surface area (Å²) in [5, 5.41) is 3.51. The van der Waals surface area contributed by atoms with E-state index >= 15 is 0 Å². The first-order valence-electron chi connectivity index (χ1n) is 6.45. The van der Waals surface area contributed by atoms with Gasteiger partial charge in [0.1, 0.15) is 5.54 Å². The Hall–Kier alpha value is -1.26. The van der Waals surface area contributed by atoms with E-state index in [1.807, 2.05) is 43.9 Å². The van der Waals surface area contributed by atoms with E-state index in [-0.39, 0.29) is 11.9 Å². The Kier molecular flexibility index (Phi) is 3.74. The number of rotatable bonds is 2. The van der Waals surface area contributed by atoms with Gasteiger partial charge < -0.3 is 16.0 Å². The predicted octanol–water partition coefficient (Wildman–Crippen LogP) is 2.07. The Morgan fingerprint density at radius 1 is 1.47 bits per heavy atom. The number of anilines is 1. The summed E-state index contributed by atoms with van der Waals surface area (Å²) >= 11 is 6.35. The Bertz CT molecular complexity index is 499. The van der Waals surface area contributed by atoms with E-state index in [0.29, 0.717) is 11.6 Å². The second-order valence-corrected chi connectivity index (χ2v) is 5.87. The van der Waals surface area contributed by atoms with Gasteiger partial charge in [0.25, 0.3) is 0 Å². The van der Waals surface area contributed by atoms with Gasteiger partial charge in [-0.15, -0.1) is 0 Å². The smallest absolute Gasteiger partial charge is 0.245 e. The molecule has 0 saturated carbocycles. The molecule has 0 aliphatic carbocycles. The zero-order valence-corrected chi connectivity index (χ0v) is 12.3. The number of hydrogen-bond donors (Lipinski definition) is 2. The minimum absolute atomic E-state index is 0.0195. The van der Waals surface area contributed by atoms with Crippen molar-refractivity contribution in [3.05, 3.63) is 28.8 Å². The summed E-state index contributed by atoms with van der Waals surface area (Å²) in [7, 11) is 0. The van der Waals surface area contributed by atoms with Crippen molar-refractivity contribution in [1.82, 2.24) is 5.32 Å². The molecule has 3 N–H and O–H groups in total. The third kappa shape index (κ3) is 2.55. The summed E-state index contributed by atoms with van der Waals surface area (Å²) in [6.45, 7) is 7.10. The van der Waals surface area contributed by atoms with E-state index < -0.39 is 5.54 Å². The summed E-state index contributed by atoms with van der Waals surface area (Å²) in [5.41, 5.74) is 7.12. The number of benzene rings is 1. The van der Waals surface area contributed by atoms with Crippen LogP contribution in [0.4, 0.5) is 5.69 Å². The molecular weight excluding hydrogens is 262 g/mol. The van der Waals surface area contributed by atoms with Gasteiger partial charge in [-0.3, -0.25) is 4.79 Å². The molecule has 1 aromatic rings. The van der Waals surface area contributed by atoms with E-state index in [2.05, 4.69) is 5.32 Å². The van der Waals surface area contributed by atoms with Crippen LogP contribution in [0.3, 0.4) is 0 Å². The van der Waals surface area contributed by atoms with Crippen molar-refractivity contribution in [2.24, 2.45) is 5.73 Å². The minimum Gasteiger partial charge on any atom is -0.355 e. The molecule has 19 heavy (non-hydrogen) atoms. The third-order valence-corrected chi connectivity index (χ3v) is 3.94. The van der Waals surface area contributed by atoms with E-state index in [0.717, 1.165) is 17.8 Å². The number of piperazine rings is 1. The summed E-state index contributed by atoms with van der Waals surface area (Å²) in [6.07, 6.45) is 0. The molecule has 1 fully saturated rings. The third-order valence-electron chi connectivity index (χ3n) is 3.64. The fraction of sp³-hybridized carbons (Fsp3) is 0.500. The largest absolute Gasteiger partial charge is 0.355 e. The topological polar surface area (TPSA) is 58.4 Å². The molecule has 1 aromatic carbocycles. The maximum Gasteiger partial charge on any atom is 0.245 e. The Morgan fingerprint density at radius 2 is 2.16 bits per heavy atom. The molecule has 2 rings (SSSR count). The van der Waals surface area contributed by atoms with Crippen LogP contribution in [0.25, 0.3) is 0 Å². The van der Waals surface area contributed by atoms with Crippen molar-refractivity contribution in [2.75, 3.05) is 18.0 Å². The average Bonchev–Trinajstić information content (AvgIpc) is 2.33. The molecule has 1 aliphatic heterocycles. The van der Waals surface area contributed by atoms with E-state index in [4.69, 9.17) is 17.3 Å². The monoisotopic (exact) mass is 281 g/mol. The predicted molar refractivity (Wildman–Crippen MR) is 78.5 cm³/mol. The molecule has 1 aliphatic rings. The number of carbonyl (C=O) groups excluding carboxylic acids is 1. The Labute approximate surface area is 118 Å². The molecule has 0 radical (unpaired) electrons. The van der Waals surface area contributed by atoms with Crippen LogP contribution in [0.5, 0.6) is 0 Å². The van der Waals surface area contributed by atoms with Crippen molar-refractivity contribution in [3.63, 3.8) is 0 Å². The highest BCUT2D eigenvalue weighted by molar-refractivity contribution is 6.33. The fourth-order valence-corrected chi connectivity index (χ4v) is 2.64. The van der Waals surface area contributed by atoms with Crippen molar-refractivity contribution < 1.29 is 4.79 Å². The molecule has 0 bridgehead atoms. The standard InChI is InChI=1S/C14H20ClN3O/c1-9(16)10-4-5-12(11(15)8-10)18-7-6-17-13(19)14(18,2)3/h4-5,8-9H,6-7,16H2,1-3H3,(H,17,19)/t9-/m1/s1. The number of nitrogens with one attached hydrogen (secondary N) is 1. The lowest BCUT2D eigenvalue weighted by atomic mass is 9.97. The molecule has 1 amide bonds. The average molecular weight is 282 g/mol. The van der Waals surface area contributed by atoms with Gasteiger partial charge in [0, 0.05) is 19.1 Å². The SMILES string of the molecule is C[C@@H](N)c1ccc(N2CCNC(=O)C2(C)C)c(Cl)c1. The highest BCUT2D eigenvalue weighted by Crippen LogP contribution is 2.33. The summed E-state index contributed by atoms with van der Waals surface area (Å²) in [6, 6.07) is 5.74. The first-order chi connectivity index (χ1) is 8.84. The Balaban J connectivity index is 2.38. The lowest BCUT2D eigenvalue weighted by Gasteiger charge is -2.43. The molecule has 1 saturated heterocycles. The van der Waals surface area contributed by atoms with Gasteiger partial charge in [-0.2, -0.15) is 0 Å². The molecule has 4 nitrogen and oxygen atoms in total. The van der Waals surface area contributed by atoms with Gasteiger partial charge in [0.05, 0.1) is 10.7 Å². The second-order valence-electron chi connectivity index (χ2n) is 5.47. The van der Waals surface area contributed by atoms with E-state index in [1.165, 1.54) is 0 Å². The van der Waals surface area contributed by atoms with Crippen LogP contribution in [0, 0.1) is 0 Å². The second kappa shape index (κ2) is 5.02. The molecule has 5 heteroatoms. The number of nitrogens with zero attached hydrogens (tertiary/aromatic N) is 1. The van der Waals surface area contributed by atoms with Crippen LogP contribution in [-0.2, 0) is 4.79 Å². The Morgan fingerprint density at radius 3 is 2.74 bits per heavy atom. The van der Waals surface area contributed by atoms with E-state index in [1.54, 1.807) is 0 Å². The highest BCUT2D eigenvalue weighted by atomic mass is 35.5. The van der Waals surface area contributed by atoms with Crippen LogP contribution in [-0.4, -0.2) is 24.5 Å². The maximum atomic E-state index is 12.0. The lowest BCUT2D eigenvalue weighted by Crippen LogP contribution is -2.62. The molecule has 0 aromatic heterocycles. The number of amides is 1.